The average Bonchev–Trinajstić information content (AvgIpc) is 2.67. The molecule has 0 saturated heterocycles. The van der Waals surface area contributed by atoms with Gasteiger partial charge in [0.25, 0.3) is 0 Å². The third-order valence-corrected chi connectivity index (χ3v) is 6.17. The van der Waals surface area contributed by atoms with Crippen molar-refractivity contribution in [2.75, 3.05) is 6.54 Å². The van der Waals surface area contributed by atoms with Crippen molar-refractivity contribution in [2.45, 2.75) is 78.9 Å². The maximum Gasteiger partial charge on any atom is 0.310 e. The van der Waals surface area contributed by atoms with Crippen LogP contribution in [0.15, 0.2) is 53.3 Å². The molecular weight excluding hydrogens is 346 g/mol. The molecule has 3 rings (SSSR count). The summed E-state index contributed by atoms with van der Waals surface area (Å²) in [5.74, 6) is -0.123. The predicted molar refractivity (Wildman–Crippen MR) is 115 cm³/mol. The zero-order valence-electron chi connectivity index (χ0n) is 18.0. The minimum absolute atomic E-state index is 0.123. The van der Waals surface area contributed by atoms with E-state index in [4.69, 9.17) is 4.74 Å². The Kier molecular flexibility index (Phi) is 6.64. The number of hydrogen-bond acceptors (Lipinski definition) is 3. The molecule has 2 aliphatic rings. The number of ether oxygens (including phenoxy) is 1. The van der Waals surface area contributed by atoms with Gasteiger partial charge in [-0.15, -0.1) is 0 Å². The van der Waals surface area contributed by atoms with E-state index in [9.17, 15) is 4.79 Å². The number of rotatable bonds is 5. The van der Waals surface area contributed by atoms with Gasteiger partial charge in [-0.3, -0.25) is 4.79 Å². The molecule has 152 valence electrons. The third-order valence-electron chi connectivity index (χ3n) is 6.17. The van der Waals surface area contributed by atoms with E-state index in [-0.39, 0.29) is 5.97 Å². The minimum atomic E-state index is -0.123. The Bertz CT molecular complexity index is 731. The summed E-state index contributed by atoms with van der Waals surface area (Å²) in [6, 6.07) is 10.4. The molecule has 3 nitrogen and oxygen atoms in total. The van der Waals surface area contributed by atoms with Crippen molar-refractivity contribution in [1.29, 1.82) is 0 Å². The third kappa shape index (κ3) is 5.50. The van der Waals surface area contributed by atoms with E-state index < -0.39 is 0 Å². The van der Waals surface area contributed by atoms with Crippen molar-refractivity contribution >= 4 is 5.97 Å². The smallest absolute Gasteiger partial charge is 0.310 e. The number of benzene rings is 1. The van der Waals surface area contributed by atoms with Gasteiger partial charge >= 0.3 is 5.97 Å². The fraction of sp³-hybridized carbons (Fsp3) is 0.560. The van der Waals surface area contributed by atoms with Gasteiger partial charge in [-0.05, 0) is 50.5 Å². The summed E-state index contributed by atoms with van der Waals surface area (Å²) in [6.07, 6.45) is 8.44. The Balaban J connectivity index is 1.64. The monoisotopic (exact) mass is 381 g/mol. The highest BCUT2D eigenvalue weighted by molar-refractivity contribution is 5.72. The lowest BCUT2D eigenvalue weighted by Gasteiger charge is -2.39. The molecule has 28 heavy (non-hydrogen) atoms. The van der Waals surface area contributed by atoms with Gasteiger partial charge in [0.05, 0.1) is 6.42 Å². The van der Waals surface area contributed by atoms with E-state index in [1.54, 1.807) is 5.57 Å². The van der Waals surface area contributed by atoms with Crippen LogP contribution in [0.2, 0.25) is 0 Å². The Morgan fingerprint density at radius 1 is 1.14 bits per heavy atom. The molecule has 1 fully saturated rings. The standard InChI is InChI=1S/C25H35NO2/c1-19(2)26-15-12-21(16-23(26)22-10-13-25(3,4)14-11-22)17-24(27)28-18-20-8-6-5-7-9-20/h5-9,12,19H,10-11,13-18H2,1-4H3. The summed E-state index contributed by atoms with van der Waals surface area (Å²) in [7, 11) is 0. The second-order valence-electron chi connectivity index (χ2n) is 9.32. The van der Waals surface area contributed by atoms with Crippen molar-refractivity contribution in [3.8, 4) is 0 Å². The van der Waals surface area contributed by atoms with Gasteiger partial charge in [0.1, 0.15) is 6.61 Å². The predicted octanol–water partition coefficient (Wildman–Crippen LogP) is 6.01. The second-order valence-corrected chi connectivity index (χ2v) is 9.32. The Hall–Kier alpha value is -2.03. The molecule has 1 heterocycles. The molecule has 1 aliphatic carbocycles. The number of nitrogens with zero attached hydrogens (tertiary/aromatic N) is 1. The maximum atomic E-state index is 12.4. The van der Waals surface area contributed by atoms with Gasteiger partial charge in [-0.1, -0.05) is 61.4 Å². The van der Waals surface area contributed by atoms with E-state index in [1.807, 2.05) is 30.3 Å². The van der Waals surface area contributed by atoms with Gasteiger partial charge in [0.2, 0.25) is 0 Å². The molecule has 0 spiro atoms. The van der Waals surface area contributed by atoms with E-state index in [2.05, 4.69) is 38.7 Å². The van der Waals surface area contributed by atoms with Crippen LogP contribution in [0.3, 0.4) is 0 Å². The van der Waals surface area contributed by atoms with Crippen molar-refractivity contribution in [3.05, 3.63) is 58.8 Å². The lowest BCUT2D eigenvalue weighted by atomic mass is 9.74. The highest BCUT2D eigenvalue weighted by Crippen LogP contribution is 2.41. The molecule has 1 saturated carbocycles. The molecule has 0 radical (unpaired) electrons. The first-order chi connectivity index (χ1) is 13.3. The number of hydrogen-bond donors (Lipinski definition) is 0. The zero-order chi connectivity index (χ0) is 20.1. The van der Waals surface area contributed by atoms with Crippen LogP contribution < -0.4 is 0 Å². The van der Waals surface area contributed by atoms with Crippen LogP contribution in [0.1, 0.15) is 71.8 Å². The first-order valence-corrected chi connectivity index (χ1v) is 10.7. The van der Waals surface area contributed by atoms with Gasteiger partial charge < -0.3 is 9.64 Å². The van der Waals surface area contributed by atoms with Gasteiger partial charge in [-0.25, -0.2) is 0 Å². The SMILES string of the molecule is CC(C)N1CC=C(CC(=O)OCc2ccccc2)CC1=C1CCC(C)(C)CC1. The van der Waals surface area contributed by atoms with Gasteiger partial charge in [0, 0.05) is 24.7 Å². The molecule has 3 heteroatoms. The normalized spacial score (nSPS) is 19.6. The first kappa shape index (κ1) is 20.7. The van der Waals surface area contributed by atoms with Crippen LogP contribution in [0.25, 0.3) is 0 Å². The van der Waals surface area contributed by atoms with Crippen molar-refractivity contribution in [2.24, 2.45) is 5.41 Å². The van der Waals surface area contributed by atoms with Crippen LogP contribution >= 0.6 is 0 Å². The minimum Gasteiger partial charge on any atom is -0.461 e. The fourth-order valence-corrected chi connectivity index (χ4v) is 4.20. The lowest BCUT2D eigenvalue weighted by Crippen LogP contribution is -2.35. The molecule has 1 aromatic carbocycles. The first-order valence-electron chi connectivity index (χ1n) is 10.7. The highest BCUT2D eigenvalue weighted by Gasteiger charge is 2.29. The van der Waals surface area contributed by atoms with Crippen molar-refractivity contribution in [3.63, 3.8) is 0 Å². The summed E-state index contributed by atoms with van der Waals surface area (Å²) < 4.78 is 5.50. The van der Waals surface area contributed by atoms with Crippen LogP contribution in [0, 0.1) is 5.41 Å². The van der Waals surface area contributed by atoms with E-state index in [1.165, 1.54) is 37.0 Å². The van der Waals surface area contributed by atoms with Gasteiger partial charge in [-0.2, -0.15) is 0 Å². The largest absolute Gasteiger partial charge is 0.461 e. The number of allylic oxidation sites excluding steroid dienone is 2. The summed E-state index contributed by atoms with van der Waals surface area (Å²) in [6.45, 7) is 10.5. The molecule has 0 amide bonds. The molecule has 0 bridgehead atoms. The summed E-state index contributed by atoms with van der Waals surface area (Å²) in [5.41, 5.74) is 5.78. The molecular formula is C25H35NO2. The fourth-order valence-electron chi connectivity index (χ4n) is 4.20. The number of esters is 1. The molecule has 1 aromatic rings. The van der Waals surface area contributed by atoms with Crippen LogP contribution in [-0.4, -0.2) is 23.5 Å². The molecule has 0 atom stereocenters. The summed E-state index contributed by atoms with van der Waals surface area (Å²) >= 11 is 0. The summed E-state index contributed by atoms with van der Waals surface area (Å²) in [4.78, 5) is 14.9. The van der Waals surface area contributed by atoms with E-state index >= 15 is 0 Å². The van der Waals surface area contributed by atoms with E-state index in [0.717, 1.165) is 18.5 Å². The Morgan fingerprint density at radius 3 is 2.46 bits per heavy atom. The Morgan fingerprint density at radius 2 is 1.82 bits per heavy atom. The van der Waals surface area contributed by atoms with Crippen molar-refractivity contribution in [1.82, 2.24) is 4.90 Å². The van der Waals surface area contributed by atoms with Crippen LogP contribution in [0.4, 0.5) is 0 Å². The molecule has 0 unspecified atom stereocenters. The topological polar surface area (TPSA) is 29.5 Å². The summed E-state index contributed by atoms with van der Waals surface area (Å²) in [5, 5.41) is 0. The highest BCUT2D eigenvalue weighted by atomic mass is 16.5. The molecule has 0 N–H and O–H groups in total. The van der Waals surface area contributed by atoms with E-state index in [0.29, 0.717) is 24.5 Å². The maximum absolute atomic E-state index is 12.4. The zero-order valence-corrected chi connectivity index (χ0v) is 18.0. The number of carbonyl (C=O) groups excluding carboxylic acids is 1. The van der Waals surface area contributed by atoms with Crippen molar-refractivity contribution < 1.29 is 9.53 Å². The van der Waals surface area contributed by atoms with Gasteiger partial charge in [0.15, 0.2) is 0 Å². The quantitative estimate of drug-likeness (QED) is 0.462. The lowest BCUT2D eigenvalue weighted by molar-refractivity contribution is -0.144. The second kappa shape index (κ2) is 8.98. The molecule has 1 aliphatic heterocycles. The van der Waals surface area contributed by atoms with Crippen LogP contribution in [-0.2, 0) is 16.1 Å². The number of carbonyl (C=O) groups is 1. The Labute approximate surface area is 170 Å². The molecule has 0 aromatic heterocycles. The average molecular weight is 382 g/mol. The van der Waals surface area contributed by atoms with Crippen LogP contribution in [0.5, 0.6) is 0 Å².